The van der Waals surface area contributed by atoms with Crippen molar-refractivity contribution >= 4 is 23.5 Å². The Morgan fingerprint density at radius 1 is 1.50 bits per heavy atom. The second-order valence-electron chi connectivity index (χ2n) is 2.68. The quantitative estimate of drug-likeness (QED) is 0.539. The summed E-state index contributed by atoms with van der Waals surface area (Å²) in [5.74, 6) is 0. The Labute approximate surface area is 65.7 Å². The number of aromatic nitrogens is 1. The van der Waals surface area contributed by atoms with E-state index in [1.807, 2.05) is 11.3 Å². The molecule has 0 atom stereocenters. The molecule has 0 bridgehead atoms. The third-order valence-electron chi connectivity index (χ3n) is 1.94. The highest BCUT2D eigenvalue weighted by atomic mass is 32.1. The highest BCUT2D eigenvalue weighted by molar-refractivity contribution is 7.20. The van der Waals surface area contributed by atoms with Crippen LogP contribution >= 0.6 is 11.3 Å². The van der Waals surface area contributed by atoms with E-state index in [0.717, 1.165) is 7.28 Å². The molecule has 1 heterocycles. The van der Waals surface area contributed by atoms with Gasteiger partial charge in [-0.25, -0.2) is 0 Å². The maximum Gasteiger partial charge on any atom is 0.192 e. The van der Waals surface area contributed by atoms with E-state index in [4.69, 9.17) is 0 Å². The molecule has 10 heavy (non-hydrogen) atoms. The molecule has 0 saturated carbocycles. The first kappa shape index (κ1) is 6.41. The summed E-state index contributed by atoms with van der Waals surface area (Å²) in [5, 5.41) is 0. The van der Waals surface area contributed by atoms with Crippen molar-refractivity contribution in [3.8, 4) is 0 Å². The maximum atomic E-state index is 4.53. The predicted molar refractivity (Wildman–Crippen MR) is 46.8 cm³/mol. The van der Waals surface area contributed by atoms with Gasteiger partial charge < -0.3 is 0 Å². The third kappa shape index (κ3) is 0.889. The van der Waals surface area contributed by atoms with Crippen LogP contribution in [0.25, 0.3) is 0 Å². The molecular formula is C7H10BNS. The molecule has 0 unspecified atom stereocenters. The van der Waals surface area contributed by atoms with Gasteiger partial charge in [-0.15, -0.1) is 11.3 Å². The van der Waals surface area contributed by atoms with E-state index in [1.165, 1.54) is 29.9 Å². The molecule has 1 aromatic rings. The standard InChI is InChI=1S/C7H10BNS/c1-8-7-9-5-3-2-4-6(5)10-7/h8H,2-4H2,1H3. The summed E-state index contributed by atoms with van der Waals surface area (Å²) in [4.78, 5) is 7.40. The first-order valence-corrected chi connectivity index (χ1v) is 4.69. The molecule has 0 amide bonds. The molecule has 1 nitrogen and oxygen atoms in total. The van der Waals surface area contributed by atoms with Crippen molar-refractivity contribution in [2.24, 2.45) is 0 Å². The maximum absolute atomic E-state index is 4.53. The summed E-state index contributed by atoms with van der Waals surface area (Å²) in [7, 11) is 1.11. The topological polar surface area (TPSA) is 12.9 Å². The molecule has 0 spiro atoms. The zero-order valence-corrected chi connectivity index (χ0v) is 7.00. The van der Waals surface area contributed by atoms with Crippen LogP contribution in [0.15, 0.2) is 0 Å². The zero-order valence-electron chi connectivity index (χ0n) is 6.18. The van der Waals surface area contributed by atoms with Gasteiger partial charge in [-0.2, -0.15) is 0 Å². The van der Waals surface area contributed by atoms with Crippen LogP contribution in [0.5, 0.6) is 0 Å². The molecule has 2 rings (SSSR count). The SMILES string of the molecule is CBc1nc2c(s1)CCC2. The molecule has 1 aliphatic rings. The molecule has 0 aromatic carbocycles. The molecule has 1 aliphatic carbocycles. The van der Waals surface area contributed by atoms with Crippen molar-refractivity contribution in [3.05, 3.63) is 10.6 Å². The van der Waals surface area contributed by atoms with Crippen molar-refractivity contribution < 1.29 is 0 Å². The first-order valence-electron chi connectivity index (χ1n) is 3.87. The Bertz CT molecular complexity index is 222. The van der Waals surface area contributed by atoms with Crippen molar-refractivity contribution in [2.75, 3.05) is 0 Å². The van der Waals surface area contributed by atoms with Crippen molar-refractivity contribution in [2.45, 2.75) is 26.1 Å². The van der Waals surface area contributed by atoms with Crippen LogP contribution in [0.1, 0.15) is 17.0 Å². The Hall–Kier alpha value is -0.305. The minimum Gasteiger partial charge on any atom is -0.257 e. The monoisotopic (exact) mass is 151 g/mol. The van der Waals surface area contributed by atoms with Gasteiger partial charge in [0.1, 0.15) is 0 Å². The molecule has 0 aliphatic heterocycles. The van der Waals surface area contributed by atoms with Gasteiger partial charge >= 0.3 is 0 Å². The van der Waals surface area contributed by atoms with Gasteiger partial charge in [-0.1, -0.05) is 6.82 Å². The van der Waals surface area contributed by atoms with Crippen LogP contribution in [0.4, 0.5) is 0 Å². The van der Waals surface area contributed by atoms with Crippen LogP contribution < -0.4 is 4.91 Å². The van der Waals surface area contributed by atoms with Crippen molar-refractivity contribution in [1.82, 2.24) is 4.98 Å². The second-order valence-corrected chi connectivity index (χ2v) is 3.85. The largest absolute Gasteiger partial charge is 0.257 e. The Morgan fingerprint density at radius 2 is 2.40 bits per heavy atom. The van der Waals surface area contributed by atoms with E-state index in [0.29, 0.717) is 0 Å². The van der Waals surface area contributed by atoms with E-state index in [2.05, 4.69) is 11.8 Å². The fourth-order valence-corrected chi connectivity index (χ4v) is 2.49. The van der Waals surface area contributed by atoms with Gasteiger partial charge in [-0.3, -0.25) is 4.98 Å². The zero-order chi connectivity index (χ0) is 6.97. The molecule has 0 saturated heterocycles. The molecule has 3 heteroatoms. The van der Waals surface area contributed by atoms with Crippen LogP contribution in [0.3, 0.4) is 0 Å². The van der Waals surface area contributed by atoms with Crippen molar-refractivity contribution in [3.63, 3.8) is 0 Å². The number of aryl methyl sites for hydroxylation is 2. The molecular weight excluding hydrogens is 141 g/mol. The van der Waals surface area contributed by atoms with E-state index in [1.54, 1.807) is 4.88 Å². The molecule has 0 N–H and O–H groups in total. The van der Waals surface area contributed by atoms with Gasteiger partial charge in [-0.05, 0) is 19.3 Å². The lowest BCUT2D eigenvalue weighted by molar-refractivity contribution is 0.901. The van der Waals surface area contributed by atoms with Crippen LogP contribution in [-0.4, -0.2) is 12.3 Å². The summed E-state index contributed by atoms with van der Waals surface area (Å²) in [5.41, 5.74) is 1.39. The summed E-state index contributed by atoms with van der Waals surface area (Å²) < 4.78 is 0. The van der Waals surface area contributed by atoms with E-state index >= 15 is 0 Å². The smallest absolute Gasteiger partial charge is 0.192 e. The number of hydrogen-bond acceptors (Lipinski definition) is 2. The summed E-state index contributed by atoms with van der Waals surface area (Å²) >= 11 is 1.91. The molecule has 0 radical (unpaired) electrons. The Balaban J connectivity index is 2.37. The van der Waals surface area contributed by atoms with Gasteiger partial charge in [0.25, 0.3) is 0 Å². The highest BCUT2D eigenvalue weighted by Gasteiger charge is 2.15. The van der Waals surface area contributed by atoms with Gasteiger partial charge in [0, 0.05) is 9.78 Å². The lowest BCUT2D eigenvalue weighted by Gasteiger charge is -1.83. The number of nitrogens with zero attached hydrogens (tertiary/aromatic N) is 1. The molecule has 1 aromatic heterocycles. The fraction of sp³-hybridized carbons (Fsp3) is 0.571. The van der Waals surface area contributed by atoms with E-state index in [9.17, 15) is 0 Å². The summed E-state index contributed by atoms with van der Waals surface area (Å²) in [6, 6.07) is 0. The Kier molecular flexibility index (Phi) is 1.53. The first-order chi connectivity index (χ1) is 4.90. The van der Waals surface area contributed by atoms with Gasteiger partial charge in [0.15, 0.2) is 7.28 Å². The van der Waals surface area contributed by atoms with Crippen LogP contribution in [0, 0.1) is 0 Å². The minimum absolute atomic E-state index is 1.11. The number of rotatable bonds is 1. The van der Waals surface area contributed by atoms with Gasteiger partial charge in [0.2, 0.25) is 0 Å². The highest BCUT2D eigenvalue weighted by Crippen LogP contribution is 2.22. The summed E-state index contributed by atoms with van der Waals surface area (Å²) in [6.45, 7) is 2.17. The predicted octanol–water partition coefficient (Wildman–Crippen LogP) is 0.742. The average molecular weight is 151 g/mol. The van der Waals surface area contributed by atoms with Gasteiger partial charge in [0.05, 0.1) is 5.69 Å². The number of fused-ring (bicyclic) bond motifs is 1. The lowest BCUT2D eigenvalue weighted by atomic mass is 9.84. The van der Waals surface area contributed by atoms with Crippen molar-refractivity contribution in [1.29, 1.82) is 0 Å². The summed E-state index contributed by atoms with van der Waals surface area (Å²) in [6.07, 6.45) is 3.84. The van der Waals surface area contributed by atoms with Crippen LogP contribution in [0.2, 0.25) is 6.82 Å². The fourth-order valence-electron chi connectivity index (χ4n) is 1.40. The Morgan fingerprint density at radius 3 is 3.10 bits per heavy atom. The van der Waals surface area contributed by atoms with Crippen LogP contribution in [-0.2, 0) is 12.8 Å². The second kappa shape index (κ2) is 2.38. The third-order valence-corrected chi connectivity index (χ3v) is 3.24. The molecule has 52 valence electrons. The lowest BCUT2D eigenvalue weighted by Crippen LogP contribution is -2.08. The van der Waals surface area contributed by atoms with E-state index in [-0.39, 0.29) is 0 Å². The number of hydrogen-bond donors (Lipinski definition) is 0. The average Bonchev–Trinajstić information content (AvgIpc) is 2.42. The normalized spacial score (nSPS) is 15.3. The minimum atomic E-state index is 1.11. The number of thiazole rings is 1. The van der Waals surface area contributed by atoms with E-state index < -0.39 is 0 Å². The molecule has 0 fully saturated rings.